The van der Waals surface area contributed by atoms with E-state index in [1.54, 1.807) is 0 Å². The molecule has 0 aliphatic heterocycles. The second kappa shape index (κ2) is 6.67. The molecule has 0 aliphatic carbocycles. The van der Waals surface area contributed by atoms with Gasteiger partial charge in [-0.05, 0) is 12.5 Å². The Morgan fingerprint density at radius 2 is 2.21 bits per heavy atom. The second-order valence-electron chi connectivity index (χ2n) is 4.13. The zero-order chi connectivity index (χ0) is 14.4. The van der Waals surface area contributed by atoms with E-state index in [9.17, 15) is 19.3 Å². The van der Waals surface area contributed by atoms with E-state index in [1.165, 1.54) is 0 Å². The third kappa shape index (κ3) is 4.53. The lowest BCUT2D eigenvalue weighted by molar-refractivity contribution is -0.385. The van der Waals surface area contributed by atoms with E-state index in [-0.39, 0.29) is 5.69 Å². The van der Waals surface area contributed by atoms with Crippen LogP contribution in [0.3, 0.4) is 0 Å². The number of non-ortho nitro benzene ring substituents is 1. The Bertz CT molecular complexity index is 479. The molecular weight excluding hydrogens is 255 g/mol. The molecule has 2 N–H and O–H groups in total. The Labute approximate surface area is 109 Å². The Morgan fingerprint density at radius 1 is 1.53 bits per heavy atom. The summed E-state index contributed by atoms with van der Waals surface area (Å²) in [4.78, 5) is 20.9. The van der Waals surface area contributed by atoms with E-state index < -0.39 is 28.4 Å². The van der Waals surface area contributed by atoms with Gasteiger partial charge in [-0.25, -0.2) is 9.18 Å². The normalized spacial score (nSPS) is 11.9. The van der Waals surface area contributed by atoms with Crippen LogP contribution in [0.1, 0.15) is 26.2 Å². The van der Waals surface area contributed by atoms with Gasteiger partial charge < -0.3 is 10.4 Å². The van der Waals surface area contributed by atoms with E-state index >= 15 is 0 Å². The first kappa shape index (κ1) is 14.9. The van der Waals surface area contributed by atoms with Crippen LogP contribution in [0, 0.1) is 15.9 Å². The number of nitro benzene ring substituents is 1. The van der Waals surface area contributed by atoms with Crippen LogP contribution in [0.25, 0.3) is 0 Å². The Balaban J connectivity index is 2.89. The van der Waals surface area contributed by atoms with Crippen molar-refractivity contribution >= 4 is 17.3 Å². The first-order valence-electron chi connectivity index (χ1n) is 5.88. The SMILES string of the molecule is CCCCC(Nc1cc(F)cc([N+](=O)[O-])c1)C(=O)O. The molecule has 0 radical (unpaired) electrons. The Hall–Kier alpha value is -2.18. The summed E-state index contributed by atoms with van der Waals surface area (Å²) in [6, 6.07) is 2.05. The number of nitro groups is 1. The van der Waals surface area contributed by atoms with Gasteiger partial charge in [0.1, 0.15) is 11.9 Å². The van der Waals surface area contributed by atoms with Crippen LogP contribution >= 0.6 is 0 Å². The van der Waals surface area contributed by atoms with Gasteiger partial charge in [-0.3, -0.25) is 10.1 Å². The summed E-state index contributed by atoms with van der Waals surface area (Å²) < 4.78 is 13.2. The number of anilines is 1. The standard InChI is InChI=1S/C12H15FN2O4/c1-2-3-4-11(12(16)17)14-9-5-8(13)6-10(7-9)15(18)19/h5-7,11,14H,2-4H2,1H3,(H,16,17). The maximum absolute atomic E-state index is 13.2. The van der Waals surface area contributed by atoms with Crippen LogP contribution in [0.5, 0.6) is 0 Å². The fourth-order valence-electron chi connectivity index (χ4n) is 1.63. The maximum Gasteiger partial charge on any atom is 0.326 e. The molecule has 104 valence electrons. The molecule has 0 aliphatic rings. The van der Waals surface area contributed by atoms with E-state index in [0.717, 1.165) is 24.6 Å². The smallest absolute Gasteiger partial charge is 0.326 e. The van der Waals surface area contributed by atoms with Crippen molar-refractivity contribution in [3.05, 3.63) is 34.1 Å². The fourth-order valence-corrected chi connectivity index (χ4v) is 1.63. The van der Waals surface area contributed by atoms with E-state index in [1.807, 2.05) is 6.92 Å². The summed E-state index contributed by atoms with van der Waals surface area (Å²) in [6.07, 6.45) is 1.90. The molecule has 0 spiro atoms. The summed E-state index contributed by atoms with van der Waals surface area (Å²) in [5.74, 6) is -1.85. The van der Waals surface area contributed by atoms with E-state index in [0.29, 0.717) is 12.8 Å². The lowest BCUT2D eigenvalue weighted by Crippen LogP contribution is -2.29. The van der Waals surface area contributed by atoms with Crippen molar-refractivity contribution in [3.63, 3.8) is 0 Å². The number of benzene rings is 1. The van der Waals surface area contributed by atoms with Crippen molar-refractivity contribution in [3.8, 4) is 0 Å². The number of unbranched alkanes of at least 4 members (excludes halogenated alkanes) is 1. The Morgan fingerprint density at radius 3 is 2.74 bits per heavy atom. The Kier molecular flexibility index (Phi) is 5.23. The van der Waals surface area contributed by atoms with Crippen LogP contribution in [0.4, 0.5) is 15.8 Å². The van der Waals surface area contributed by atoms with E-state index in [4.69, 9.17) is 5.11 Å². The number of aliphatic carboxylic acids is 1. The van der Waals surface area contributed by atoms with Crippen LogP contribution < -0.4 is 5.32 Å². The minimum atomic E-state index is -1.07. The molecule has 0 saturated carbocycles. The zero-order valence-corrected chi connectivity index (χ0v) is 10.4. The second-order valence-corrected chi connectivity index (χ2v) is 4.13. The molecule has 7 heteroatoms. The van der Waals surface area contributed by atoms with Gasteiger partial charge in [0.05, 0.1) is 11.0 Å². The summed E-state index contributed by atoms with van der Waals surface area (Å²) >= 11 is 0. The van der Waals surface area contributed by atoms with Gasteiger partial charge in [-0.2, -0.15) is 0 Å². The molecule has 1 atom stereocenters. The molecule has 0 saturated heterocycles. The predicted molar refractivity (Wildman–Crippen MR) is 67.6 cm³/mol. The van der Waals surface area contributed by atoms with Gasteiger partial charge >= 0.3 is 5.97 Å². The van der Waals surface area contributed by atoms with Gasteiger partial charge in [0.2, 0.25) is 0 Å². The number of hydrogen-bond donors (Lipinski definition) is 2. The summed E-state index contributed by atoms with van der Waals surface area (Å²) in [5.41, 5.74) is -0.322. The minimum Gasteiger partial charge on any atom is -0.480 e. The van der Waals surface area contributed by atoms with Gasteiger partial charge in [0, 0.05) is 11.8 Å². The van der Waals surface area contributed by atoms with Crippen LogP contribution in [0.15, 0.2) is 18.2 Å². The molecule has 6 nitrogen and oxygen atoms in total. The fraction of sp³-hybridized carbons (Fsp3) is 0.417. The highest BCUT2D eigenvalue weighted by Crippen LogP contribution is 2.21. The molecule has 0 aromatic heterocycles. The van der Waals surface area contributed by atoms with Crippen LogP contribution in [-0.2, 0) is 4.79 Å². The van der Waals surface area contributed by atoms with Crippen molar-refractivity contribution in [1.29, 1.82) is 0 Å². The summed E-state index contributed by atoms with van der Waals surface area (Å²) in [6.45, 7) is 1.92. The topological polar surface area (TPSA) is 92.5 Å². The average molecular weight is 270 g/mol. The van der Waals surface area contributed by atoms with Gasteiger partial charge in [-0.15, -0.1) is 0 Å². The number of carbonyl (C=O) groups is 1. The van der Waals surface area contributed by atoms with Crippen LogP contribution in [0.2, 0.25) is 0 Å². The molecule has 1 aromatic rings. The maximum atomic E-state index is 13.2. The molecule has 1 rings (SSSR count). The van der Waals surface area contributed by atoms with Crippen molar-refractivity contribution in [2.45, 2.75) is 32.2 Å². The molecule has 0 heterocycles. The number of halogens is 1. The number of nitrogens with one attached hydrogen (secondary N) is 1. The lowest BCUT2D eigenvalue weighted by atomic mass is 10.1. The number of carboxylic acid groups (broad SMARTS) is 1. The number of nitrogens with zero attached hydrogens (tertiary/aromatic N) is 1. The highest BCUT2D eigenvalue weighted by Gasteiger charge is 2.18. The van der Waals surface area contributed by atoms with Gasteiger partial charge in [-0.1, -0.05) is 19.8 Å². The highest BCUT2D eigenvalue weighted by atomic mass is 19.1. The first-order valence-corrected chi connectivity index (χ1v) is 5.88. The highest BCUT2D eigenvalue weighted by molar-refractivity contribution is 5.77. The third-order valence-electron chi connectivity index (χ3n) is 2.58. The quantitative estimate of drug-likeness (QED) is 0.587. The average Bonchev–Trinajstić information content (AvgIpc) is 2.33. The molecule has 0 amide bonds. The van der Waals surface area contributed by atoms with Crippen molar-refractivity contribution < 1.29 is 19.2 Å². The minimum absolute atomic E-state index is 0.0928. The van der Waals surface area contributed by atoms with Gasteiger partial charge in [0.15, 0.2) is 0 Å². The van der Waals surface area contributed by atoms with Crippen molar-refractivity contribution in [2.75, 3.05) is 5.32 Å². The number of hydrogen-bond acceptors (Lipinski definition) is 4. The number of rotatable bonds is 7. The van der Waals surface area contributed by atoms with Crippen molar-refractivity contribution in [1.82, 2.24) is 0 Å². The summed E-state index contributed by atoms with van der Waals surface area (Å²) in [5, 5.41) is 22.2. The van der Waals surface area contributed by atoms with Crippen LogP contribution in [-0.4, -0.2) is 22.0 Å². The predicted octanol–water partition coefficient (Wildman–Crippen LogP) is 2.79. The van der Waals surface area contributed by atoms with Crippen molar-refractivity contribution in [2.24, 2.45) is 0 Å². The number of carboxylic acids is 1. The molecule has 1 unspecified atom stereocenters. The molecule has 1 aromatic carbocycles. The first-order chi connectivity index (χ1) is 8.93. The molecule has 0 fully saturated rings. The largest absolute Gasteiger partial charge is 0.480 e. The van der Waals surface area contributed by atoms with E-state index in [2.05, 4.69) is 5.32 Å². The third-order valence-corrected chi connectivity index (χ3v) is 2.58. The monoisotopic (exact) mass is 270 g/mol. The summed E-state index contributed by atoms with van der Waals surface area (Å²) in [7, 11) is 0. The molecule has 0 bridgehead atoms. The lowest BCUT2D eigenvalue weighted by Gasteiger charge is -2.15. The zero-order valence-electron chi connectivity index (χ0n) is 10.4. The molecule has 19 heavy (non-hydrogen) atoms. The van der Waals surface area contributed by atoms with Gasteiger partial charge in [0.25, 0.3) is 5.69 Å². The molecular formula is C12H15FN2O4.